The first-order valence-electron chi connectivity index (χ1n) is 18.0. The van der Waals surface area contributed by atoms with Crippen LogP contribution in [-0.4, -0.2) is 87.6 Å². The summed E-state index contributed by atoms with van der Waals surface area (Å²) in [7, 11) is 1.64. The molecule has 2 atom stereocenters. The highest BCUT2D eigenvalue weighted by molar-refractivity contribution is 6.01. The van der Waals surface area contributed by atoms with Gasteiger partial charge in [0.1, 0.15) is 24.6 Å². The highest BCUT2D eigenvalue weighted by atomic mass is 16.6. The molecule has 0 radical (unpaired) electrons. The van der Waals surface area contributed by atoms with E-state index in [1.165, 1.54) is 0 Å². The van der Waals surface area contributed by atoms with Gasteiger partial charge in [0.2, 0.25) is 5.91 Å². The summed E-state index contributed by atoms with van der Waals surface area (Å²) in [6.07, 6.45) is 2.61. The molecule has 0 bridgehead atoms. The molecule has 0 aromatic heterocycles. The van der Waals surface area contributed by atoms with Crippen molar-refractivity contribution in [2.75, 3.05) is 63.0 Å². The highest BCUT2D eigenvalue weighted by Gasteiger charge is 2.44. The lowest BCUT2D eigenvalue weighted by Gasteiger charge is -2.41. The second-order valence-electron chi connectivity index (χ2n) is 14.7. The van der Waals surface area contributed by atoms with Gasteiger partial charge in [0.25, 0.3) is 5.91 Å². The quantitative estimate of drug-likeness (QED) is 0.236. The van der Waals surface area contributed by atoms with Gasteiger partial charge < -0.3 is 38.4 Å². The highest BCUT2D eigenvalue weighted by Crippen LogP contribution is 2.43. The van der Waals surface area contributed by atoms with Gasteiger partial charge in [-0.2, -0.15) is 0 Å². The van der Waals surface area contributed by atoms with Crippen molar-refractivity contribution in [1.29, 1.82) is 0 Å². The van der Waals surface area contributed by atoms with Crippen LogP contribution in [0.25, 0.3) is 11.1 Å². The SMILES string of the molecule is COCCCN1C(=O)COc2ccc(N(C(=O)[C@H]3CN(C(=O)OC(C)(C)C)CC[C@@H]3c3cccc(-c4ccc5c(c4)OCCO5)c3)C3CC3)cc21. The van der Waals surface area contributed by atoms with Gasteiger partial charge in [0.05, 0.1) is 11.6 Å². The molecule has 3 aromatic carbocycles. The Labute approximate surface area is 299 Å². The largest absolute Gasteiger partial charge is 0.486 e. The minimum absolute atomic E-state index is 0.0271. The van der Waals surface area contributed by atoms with Crippen LogP contribution >= 0.6 is 0 Å². The Balaban J connectivity index is 1.22. The number of nitrogens with zero attached hydrogens (tertiary/aromatic N) is 3. The molecule has 0 unspecified atom stereocenters. The summed E-state index contributed by atoms with van der Waals surface area (Å²) in [6, 6.07) is 20.0. The molecule has 4 aliphatic rings. The number of benzene rings is 3. The number of piperidine rings is 1. The van der Waals surface area contributed by atoms with E-state index in [2.05, 4.69) is 18.2 Å². The van der Waals surface area contributed by atoms with Crippen molar-refractivity contribution < 1.29 is 38.1 Å². The standard InChI is InChI=1S/C40H47N3O8/c1-40(2,3)51-39(46)41-17-15-31(28-8-5-7-26(21-28)27-9-13-35-36(22-27)49-20-19-48-35)32(24-41)38(45)43(29-10-11-29)30-12-14-34-33(23-30)42(16-6-18-47-4)37(44)25-50-34/h5,7-9,12-14,21-23,29,31-32H,6,10-11,15-20,24-25H2,1-4H3/t31-,32+/m1/s1. The number of methoxy groups -OCH3 is 1. The fourth-order valence-electron chi connectivity index (χ4n) is 7.25. The van der Waals surface area contributed by atoms with E-state index in [4.69, 9.17) is 23.7 Å². The minimum atomic E-state index is -0.663. The molecule has 1 saturated carbocycles. The van der Waals surface area contributed by atoms with Crippen LogP contribution in [0.5, 0.6) is 17.2 Å². The van der Waals surface area contributed by atoms with E-state index in [9.17, 15) is 9.59 Å². The van der Waals surface area contributed by atoms with E-state index in [1.54, 1.807) is 16.9 Å². The number of hydrogen-bond acceptors (Lipinski definition) is 8. The van der Waals surface area contributed by atoms with E-state index < -0.39 is 17.6 Å². The summed E-state index contributed by atoms with van der Waals surface area (Å²) in [5.41, 5.74) is 3.75. The van der Waals surface area contributed by atoms with Crippen molar-refractivity contribution >= 4 is 29.3 Å². The molecule has 1 saturated heterocycles. The molecule has 3 aromatic rings. The maximum absolute atomic E-state index is 15.0. The van der Waals surface area contributed by atoms with Crippen LogP contribution in [0.2, 0.25) is 0 Å². The van der Waals surface area contributed by atoms with Crippen molar-refractivity contribution in [3.05, 3.63) is 66.2 Å². The van der Waals surface area contributed by atoms with E-state index in [-0.39, 0.29) is 36.9 Å². The van der Waals surface area contributed by atoms with Crippen molar-refractivity contribution in [2.24, 2.45) is 5.92 Å². The smallest absolute Gasteiger partial charge is 0.410 e. The Morgan fingerprint density at radius 1 is 0.902 bits per heavy atom. The van der Waals surface area contributed by atoms with Crippen LogP contribution < -0.4 is 24.0 Å². The zero-order valence-electron chi connectivity index (χ0n) is 29.9. The molecule has 270 valence electrons. The van der Waals surface area contributed by atoms with Crippen LogP contribution in [0.4, 0.5) is 16.2 Å². The summed E-state index contributed by atoms with van der Waals surface area (Å²) < 4.78 is 28.4. The fourth-order valence-corrected chi connectivity index (χ4v) is 7.25. The number of ether oxygens (including phenoxy) is 5. The average Bonchev–Trinajstić information content (AvgIpc) is 3.97. The van der Waals surface area contributed by atoms with Crippen molar-refractivity contribution in [3.8, 4) is 28.4 Å². The Hall–Kier alpha value is -4.77. The van der Waals surface area contributed by atoms with Crippen LogP contribution in [0.15, 0.2) is 60.7 Å². The third-order valence-electron chi connectivity index (χ3n) is 9.82. The zero-order valence-corrected chi connectivity index (χ0v) is 29.9. The third-order valence-corrected chi connectivity index (χ3v) is 9.82. The predicted octanol–water partition coefficient (Wildman–Crippen LogP) is 6.42. The molecular weight excluding hydrogens is 650 g/mol. The first-order chi connectivity index (χ1) is 24.6. The van der Waals surface area contributed by atoms with Gasteiger partial charge in [-0.15, -0.1) is 0 Å². The lowest BCUT2D eigenvalue weighted by atomic mass is 9.78. The van der Waals surface area contributed by atoms with Crippen molar-refractivity contribution in [1.82, 2.24) is 4.90 Å². The molecule has 1 aliphatic carbocycles. The second kappa shape index (κ2) is 14.5. The Kier molecular flexibility index (Phi) is 9.83. The summed E-state index contributed by atoms with van der Waals surface area (Å²) in [4.78, 5) is 46.7. The van der Waals surface area contributed by atoms with Crippen LogP contribution in [-0.2, 0) is 19.1 Å². The molecular formula is C40H47N3O8. The van der Waals surface area contributed by atoms with Crippen LogP contribution in [0.1, 0.15) is 57.9 Å². The zero-order chi connectivity index (χ0) is 35.7. The third kappa shape index (κ3) is 7.63. The molecule has 3 aliphatic heterocycles. The van der Waals surface area contributed by atoms with Crippen LogP contribution in [0, 0.1) is 5.92 Å². The molecule has 3 amide bonds. The van der Waals surface area contributed by atoms with Gasteiger partial charge in [-0.05, 0) is 99.4 Å². The number of rotatable bonds is 9. The van der Waals surface area contributed by atoms with E-state index in [1.807, 2.05) is 68.1 Å². The number of amides is 3. The Bertz CT molecular complexity index is 1780. The first kappa shape index (κ1) is 34.7. The fraction of sp³-hybridized carbons (Fsp3) is 0.475. The topological polar surface area (TPSA) is 107 Å². The van der Waals surface area contributed by atoms with Crippen LogP contribution in [0.3, 0.4) is 0 Å². The predicted molar refractivity (Wildman–Crippen MR) is 193 cm³/mol. The number of likely N-dealkylation sites (tertiary alicyclic amines) is 1. The Morgan fingerprint density at radius 2 is 1.67 bits per heavy atom. The van der Waals surface area contributed by atoms with Gasteiger partial charge in [-0.3, -0.25) is 9.59 Å². The van der Waals surface area contributed by atoms with Gasteiger partial charge in [-0.25, -0.2) is 4.79 Å². The van der Waals surface area contributed by atoms with Gasteiger partial charge in [0, 0.05) is 45.1 Å². The van der Waals surface area contributed by atoms with Crippen molar-refractivity contribution in [2.45, 2.75) is 64.0 Å². The maximum atomic E-state index is 15.0. The summed E-state index contributed by atoms with van der Waals surface area (Å²) in [5, 5.41) is 0. The lowest BCUT2D eigenvalue weighted by Crippen LogP contribution is -2.51. The van der Waals surface area contributed by atoms with Gasteiger partial charge >= 0.3 is 6.09 Å². The summed E-state index contributed by atoms with van der Waals surface area (Å²) >= 11 is 0. The molecule has 11 nitrogen and oxygen atoms in total. The number of carbonyl (C=O) groups is 3. The number of fused-ring (bicyclic) bond motifs is 2. The Morgan fingerprint density at radius 3 is 2.43 bits per heavy atom. The molecule has 11 heteroatoms. The second-order valence-corrected chi connectivity index (χ2v) is 14.7. The maximum Gasteiger partial charge on any atom is 0.410 e. The van der Waals surface area contributed by atoms with Gasteiger partial charge in [0.15, 0.2) is 18.1 Å². The van der Waals surface area contributed by atoms with Gasteiger partial charge in [-0.1, -0.05) is 30.3 Å². The van der Waals surface area contributed by atoms with Crippen molar-refractivity contribution in [3.63, 3.8) is 0 Å². The molecule has 2 fully saturated rings. The molecule has 7 rings (SSSR count). The molecule has 0 N–H and O–H groups in total. The number of hydrogen-bond donors (Lipinski definition) is 0. The summed E-state index contributed by atoms with van der Waals surface area (Å²) in [5.74, 6) is 1.21. The minimum Gasteiger partial charge on any atom is -0.486 e. The number of carbonyl (C=O) groups excluding carboxylic acids is 3. The molecule has 3 heterocycles. The molecule has 0 spiro atoms. The average molecular weight is 698 g/mol. The van der Waals surface area contributed by atoms with E-state index in [0.29, 0.717) is 57.2 Å². The van der Waals surface area contributed by atoms with E-state index >= 15 is 4.79 Å². The molecule has 51 heavy (non-hydrogen) atoms. The lowest BCUT2D eigenvalue weighted by molar-refractivity contribution is -0.124. The first-order valence-corrected chi connectivity index (χ1v) is 18.0. The van der Waals surface area contributed by atoms with E-state index in [0.717, 1.165) is 46.7 Å². The summed E-state index contributed by atoms with van der Waals surface area (Å²) in [6.45, 7) is 8.26. The monoisotopic (exact) mass is 697 g/mol. The number of anilines is 2. The normalized spacial score (nSPS) is 20.0.